The number of benzene rings is 4. The monoisotopic (exact) mass is 783 g/mol. The van der Waals surface area contributed by atoms with Crippen molar-refractivity contribution in [3.05, 3.63) is 120 Å². The van der Waals surface area contributed by atoms with Crippen LogP contribution < -0.4 is 15.3 Å². The Morgan fingerprint density at radius 1 is 0.782 bits per heavy atom. The molecular formula is C41H39F6NO6Si. The molecule has 3 fully saturated rings. The largest absolute Gasteiger partial charge is 0.508 e. The van der Waals surface area contributed by atoms with E-state index in [1.165, 1.54) is 12.1 Å². The van der Waals surface area contributed by atoms with Gasteiger partial charge in [0.25, 0.3) is 8.32 Å². The van der Waals surface area contributed by atoms with Crippen LogP contribution in [0.4, 0.5) is 32.0 Å². The summed E-state index contributed by atoms with van der Waals surface area (Å²) in [5.74, 6) is -8.73. The Balaban J connectivity index is 1.32. The number of aliphatic hydroxyl groups is 1. The summed E-state index contributed by atoms with van der Waals surface area (Å²) >= 11 is 0. The summed E-state index contributed by atoms with van der Waals surface area (Å²) in [5, 5.41) is 24.0. The highest BCUT2D eigenvalue weighted by Gasteiger charge is 2.67. The predicted octanol–water partition coefficient (Wildman–Crippen LogP) is 7.60. The Hall–Kier alpha value is -4.50. The second-order valence-corrected chi connectivity index (χ2v) is 19.9. The van der Waals surface area contributed by atoms with Gasteiger partial charge in [-0.2, -0.15) is 26.3 Å². The number of phenols is 1. The molecule has 1 aliphatic carbocycles. The van der Waals surface area contributed by atoms with E-state index in [1.54, 1.807) is 12.1 Å². The molecule has 2 N–H and O–H groups in total. The van der Waals surface area contributed by atoms with E-state index in [0.717, 1.165) is 10.4 Å². The molecule has 2 heterocycles. The molecule has 2 saturated heterocycles. The molecule has 4 aromatic rings. The summed E-state index contributed by atoms with van der Waals surface area (Å²) in [6.07, 6.45) is -11.5. The lowest BCUT2D eigenvalue weighted by atomic mass is 9.64. The molecule has 0 bridgehead atoms. The summed E-state index contributed by atoms with van der Waals surface area (Å²) in [6, 6.07) is 26.0. The molecule has 3 aliphatic rings. The van der Waals surface area contributed by atoms with Crippen LogP contribution in [0.2, 0.25) is 5.04 Å². The van der Waals surface area contributed by atoms with Gasteiger partial charge in [0.05, 0.1) is 34.8 Å². The van der Waals surface area contributed by atoms with Crippen LogP contribution in [0.15, 0.2) is 103 Å². The number of ether oxygens (including phenoxy) is 1. The first-order valence-corrected chi connectivity index (χ1v) is 19.8. The van der Waals surface area contributed by atoms with Crippen molar-refractivity contribution in [2.75, 3.05) is 11.5 Å². The van der Waals surface area contributed by atoms with Crippen molar-refractivity contribution >= 4 is 36.2 Å². The number of alkyl halides is 6. The van der Waals surface area contributed by atoms with Gasteiger partial charge in [0, 0.05) is 18.4 Å². The van der Waals surface area contributed by atoms with Gasteiger partial charge < -0.3 is 19.4 Å². The van der Waals surface area contributed by atoms with Crippen molar-refractivity contribution in [3.8, 4) is 5.75 Å². The third kappa shape index (κ3) is 6.66. The van der Waals surface area contributed by atoms with E-state index in [-0.39, 0.29) is 31.3 Å². The number of imide groups is 1. The molecule has 55 heavy (non-hydrogen) atoms. The standard InChI is InChI=1S/C41H39F6NO6Si/c1-38(2,3)55(30-10-6-4-7-11-30,31-12-8-5-9-13-31)53-23-27-21-32-35(33-22-34(54-39(27,33)52)24-14-16-29(49)17-15-24)37(51)48(36(32)50)28-19-25(40(42,43)44)18-26(20-28)41(45,46)47/h4-20,27,32-35,49,52H,21-23H2,1-3H3/t27-,32+,33+,34+,35+,39-/m1/s1. The van der Waals surface area contributed by atoms with Crippen LogP contribution in [-0.4, -0.2) is 42.7 Å². The number of aromatic hydroxyl groups is 1. The zero-order valence-electron chi connectivity index (χ0n) is 30.1. The molecule has 2 amide bonds. The molecule has 6 atom stereocenters. The van der Waals surface area contributed by atoms with Crippen molar-refractivity contribution < 1.29 is 55.3 Å². The second-order valence-electron chi connectivity index (χ2n) is 15.6. The smallest absolute Gasteiger partial charge is 0.416 e. The maximum atomic E-state index is 14.3. The quantitative estimate of drug-likeness (QED) is 0.114. The lowest BCUT2D eigenvalue weighted by molar-refractivity contribution is -0.273. The average molecular weight is 784 g/mol. The summed E-state index contributed by atoms with van der Waals surface area (Å²) in [7, 11) is -3.25. The molecule has 2 aliphatic heterocycles. The van der Waals surface area contributed by atoms with Crippen LogP contribution in [0, 0.1) is 23.7 Å². The minimum absolute atomic E-state index is 0.0125. The van der Waals surface area contributed by atoms with Crippen LogP contribution in [0.1, 0.15) is 56.4 Å². The van der Waals surface area contributed by atoms with Gasteiger partial charge in [0.2, 0.25) is 11.8 Å². The van der Waals surface area contributed by atoms with Crippen LogP contribution in [0.3, 0.4) is 0 Å². The Morgan fingerprint density at radius 3 is 1.80 bits per heavy atom. The maximum absolute atomic E-state index is 14.3. The molecule has 0 spiro atoms. The van der Waals surface area contributed by atoms with Gasteiger partial charge in [0.1, 0.15) is 5.75 Å². The summed E-state index contributed by atoms with van der Waals surface area (Å²) in [6.45, 7) is 6.01. The topological polar surface area (TPSA) is 96.3 Å². The fourth-order valence-corrected chi connectivity index (χ4v) is 13.5. The van der Waals surface area contributed by atoms with E-state index in [2.05, 4.69) is 20.8 Å². The van der Waals surface area contributed by atoms with Crippen molar-refractivity contribution in [3.63, 3.8) is 0 Å². The summed E-state index contributed by atoms with van der Waals surface area (Å²) < 4.78 is 97.0. The number of amides is 2. The van der Waals surface area contributed by atoms with Gasteiger partial charge in [-0.15, -0.1) is 0 Å². The third-order valence-electron chi connectivity index (χ3n) is 11.4. The minimum Gasteiger partial charge on any atom is -0.508 e. The fourth-order valence-electron chi connectivity index (χ4n) is 8.88. The number of rotatable bonds is 7. The lowest BCUT2D eigenvalue weighted by Gasteiger charge is -2.48. The van der Waals surface area contributed by atoms with E-state index >= 15 is 0 Å². The molecule has 7 rings (SSSR count). The summed E-state index contributed by atoms with van der Waals surface area (Å²) in [5.41, 5.74) is -3.65. The van der Waals surface area contributed by atoms with Gasteiger partial charge in [-0.1, -0.05) is 93.6 Å². The highest BCUT2D eigenvalue weighted by molar-refractivity contribution is 6.99. The summed E-state index contributed by atoms with van der Waals surface area (Å²) in [4.78, 5) is 29.0. The van der Waals surface area contributed by atoms with E-state index in [9.17, 15) is 46.1 Å². The molecule has 0 aromatic heterocycles. The zero-order chi connectivity index (χ0) is 39.7. The molecule has 290 valence electrons. The average Bonchev–Trinajstić information content (AvgIpc) is 3.61. The lowest BCUT2D eigenvalue weighted by Crippen LogP contribution is -2.67. The number of nitrogens with zero attached hydrogens (tertiary/aromatic N) is 1. The number of hydrogen-bond acceptors (Lipinski definition) is 6. The van der Waals surface area contributed by atoms with Gasteiger partial charge in [-0.25, -0.2) is 0 Å². The minimum atomic E-state index is -5.21. The van der Waals surface area contributed by atoms with Crippen LogP contribution in [0.5, 0.6) is 5.75 Å². The fraction of sp³-hybridized carbons (Fsp3) is 0.366. The van der Waals surface area contributed by atoms with Gasteiger partial charge in [-0.05, 0) is 64.1 Å². The predicted molar refractivity (Wildman–Crippen MR) is 193 cm³/mol. The Morgan fingerprint density at radius 2 is 1.31 bits per heavy atom. The molecule has 14 heteroatoms. The SMILES string of the molecule is CC(C)(C)[Si](OC[C@H]1C[C@@H]2C(=O)N(c3cc(C(F)(F)F)cc(C(F)(F)F)c3)C(=O)[C@@H]2[C@@H]2C[C@@H](c3ccc(O)cc3)O[C@]12O)(c1ccccc1)c1ccccc1. The van der Waals surface area contributed by atoms with Crippen molar-refractivity contribution in [2.24, 2.45) is 23.7 Å². The zero-order valence-corrected chi connectivity index (χ0v) is 31.1. The first-order chi connectivity index (χ1) is 25.8. The maximum Gasteiger partial charge on any atom is 0.416 e. The Labute approximate surface area is 314 Å². The Bertz CT molecular complexity index is 2000. The molecule has 4 aromatic carbocycles. The number of carbonyl (C=O) groups excluding carboxylic acids is 2. The van der Waals surface area contributed by atoms with Crippen LogP contribution >= 0.6 is 0 Å². The van der Waals surface area contributed by atoms with Crippen molar-refractivity contribution in [2.45, 2.75) is 62.9 Å². The van der Waals surface area contributed by atoms with E-state index in [1.807, 2.05) is 60.7 Å². The van der Waals surface area contributed by atoms with Crippen molar-refractivity contribution in [1.29, 1.82) is 0 Å². The number of phenolic OH excluding ortho intramolecular Hbond substituents is 1. The van der Waals surface area contributed by atoms with E-state index < -0.39 is 89.9 Å². The second kappa shape index (κ2) is 13.6. The first-order valence-electron chi connectivity index (χ1n) is 17.9. The van der Waals surface area contributed by atoms with E-state index in [0.29, 0.717) is 22.6 Å². The number of halogens is 6. The third-order valence-corrected chi connectivity index (χ3v) is 16.4. The molecule has 7 nitrogen and oxygen atoms in total. The molecule has 0 radical (unpaired) electrons. The van der Waals surface area contributed by atoms with Gasteiger partial charge in [0.15, 0.2) is 5.79 Å². The van der Waals surface area contributed by atoms with Crippen LogP contribution in [-0.2, 0) is 31.1 Å². The number of carbonyl (C=O) groups is 2. The van der Waals surface area contributed by atoms with Crippen LogP contribution in [0.25, 0.3) is 0 Å². The highest BCUT2D eigenvalue weighted by Crippen LogP contribution is 2.59. The highest BCUT2D eigenvalue weighted by atomic mass is 28.4. The van der Waals surface area contributed by atoms with E-state index in [4.69, 9.17) is 9.16 Å². The first kappa shape index (κ1) is 38.8. The number of anilines is 1. The molecule has 0 unspecified atom stereocenters. The number of hydrogen-bond donors (Lipinski definition) is 2. The normalized spacial score (nSPS) is 25.9. The Kier molecular flexibility index (Phi) is 9.59. The van der Waals surface area contributed by atoms with Gasteiger partial charge in [-0.3, -0.25) is 14.5 Å². The molecular weight excluding hydrogens is 745 g/mol. The van der Waals surface area contributed by atoms with Crippen molar-refractivity contribution in [1.82, 2.24) is 0 Å². The number of fused-ring (bicyclic) bond motifs is 3. The van der Waals surface area contributed by atoms with Gasteiger partial charge >= 0.3 is 12.4 Å². The molecule has 1 saturated carbocycles.